The van der Waals surface area contributed by atoms with E-state index in [1.54, 1.807) is 13.4 Å². The molecule has 1 unspecified atom stereocenters. The molecular weight excluding hydrogens is 242 g/mol. The van der Waals surface area contributed by atoms with Gasteiger partial charge in [0.2, 0.25) is 0 Å². The van der Waals surface area contributed by atoms with E-state index in [4.69, 9.17) is 4.74 Å². The van der Waals surface area contributed by atoms with Crippen LogP contribution in [0.3, 0.4) is 0 Å². The van der Waals surface area contributed by atoms with Crippen LogP contribution in [0, 0.1) is 6.92 Å². The number of aryl methyl sites for hydroxylation is 2. The monoisotopic (exact) mass is 261 g/mol. The number of nitrogens with zero attached hydrogens (tertiary/aromatic N) is 4. The van der Waals surface area contributed by atoms with Gasteiger partial charge in [-0.2, -0.15) is 0 Å². The maximum absolute atomic E-state index is 5.24. The molecule has 0 bridgehead atoms. The van der Waals surface area contributed by atoms with Crippen molar-refractivity contribution in [1.29, 1.82) is 0 Å². The van der Waals surface area contributed by atoms with Gasteiger partial charge in [-0.25, -0.2) is 0 Å². The second kappa shape index (κ2) is 5.79. The van der Waals surface area contributed by atoms with Crippen molar-refractivity contribution in [2.24, 2.45) is 7.05 Å². The molecule has 2 rings (SSSR count). The van der Waals surface area contributed by atoms with Crippen LogP contribution >= 0.6 is 0 Å². The van der Waals surface area contributed by atoms with Crippen LogP contribution in [0.15, 0.2) is 18.5 Å². The van der Waals surface area contributed by atoms with Crippen LogP contribution in [0.4, 0.5) is 0 Å². The van der Waals surface area contributed by atoms with Gasteiger partial charge in [-0.15, -0.1) is 10.2 Å². The Morgan fingerprint density at radius 2 is 2.21 bits per heavy atom. The number of hydrogen-bond donors (Lipinski definition) is 1. The van der Waals surface area contributed by atoms with Crippen molar-refractivity contribution in [2.75, 3.05) is 7.11 Å². The minimum absolute atomic E-state index is 0.112. The van der Waals surface area contributed by atoms with Gasteiger partial charge in [-0.3, -0.25) is 4.98 Å². The average molecular weight is 261 g/mol. The summed E-state index contributed by atoms with van der Waals surface area (Å²) in [5.41, 5.74) is 1.90. The second-order valence-corrected chi connectivity index (χ2v) is 4.54. The summed E-state index contributed by atoms with van der Waals surface area (Å²) in [6.07, 6.45) is 1.70. The van der Waals surface area contributed by atoms with Crippen LogP contribution in [0.25, 0.3) is 0 Å². The molecule has 0 aromatic carbocycles. The fraction of sp³-hybridized carbons (Fsp3) is 0.462. The molecule has 2 aromatic rings. The molecule has 0 spiro atoms. The van der Waals surface area contributed by atoms with Crippen molar-refractivity contribution in [2.45, 2.75) is 26.4 Å². The molecule has 6 nitrogen and oxygen atoms in total. The summed E-state index contributed by atoms with van der Waals surface area (Å²) < 4.78 is 7.14. The number of hydrogen-bond acceptors (Lipinski definition) is 5. The van der Waals surface area contributed by atoms with Crippen molar-refractivity contribution in [3.63, 3.8) is 0 Å². The molecule has 0 saturated heterocycles. The van der Waals surface area contributed by atoms with Crippen LogP contribution in [-0.4, -0.2) is 26.9 Å². The molecular formula is C13H19N5O. The van der Waals surface area contributed by atoms with Crippen molar-refractivity contribution < 1.29 is 4.74 Å². The minimum atomic E-state index is 0.112. The first-order valence-electron chi connectivity index (χ1n) is 6.19. The predicted octanol–water partition coefficient (Wildman–Crippen LogP) is 1.38. The van der Waals surface area contributed by atoms with Gasteiger partial charge in [0.05, 0.1) is 18.8 Å². The maximum Gasteiger partial charge on any atom is 0.149 e. The topological polar surface area (TPSA) is 64.9 Å². The lowest BCUT2D eigenvalue weighted by atomic mass is 10.2. The molecule has 0 aliphatic heterocycles. The summed E-state index contributed by atoms with van der Waals surface area (Å²) in [6.45, 7) is 4.67. The largest absolute Gasteiger partial charge is 0.497 e. The van der Waals surface area contributed by atoms with Gasteiger partial charge in [0.1, 0.15) is 17.9 Å². The lowest BCUT2D eigenvalue weighted by Crippen LogP contribution is -2.21. The lowest BCUT2D eigenvalue weighted by Gasteiger charge is -2.13. The number of methoxy groups -OCH3 is 1. The average Bonchev–Trinajstić information content (AvgIpc) is 2.81. The molecule has 0 amide bonds. The molecule has 2 aromatic heterocycles. The first kappa shape index (κ1) is 13.5. The fourth-order valence-corrected chi connectivity index (χ4v) is 1.94. The highest BCUT2D eigenvalue weighted by Crippen LogP contribution is 2.14. The predicted molar refractivity (Wildman–Crippen MR) is 71.8 cm³/mol. The summed E-state index contributed by atoms with van der Waals surface area (Å²) >= 11 is 0. The van der Waals surface area contributed by atoms with Gasteiger partial charge < -0.3 is 14.6 Å². The van der Waals surface area contributed by atoms with Gasteiger partial charge in [-0.1, -0.05) is 0 Å². The van der Waals surface area contributed by atoms with E-state index in [9.17, 15) is 0 Å². The molecule has 0 aliphatic carbocycles. The quantitative estimate of drug-likeness (QED) is 0.880. The summed E-state index contributed by atoms with van der Waals surface area (Å²) in [4.78, 5) is 4.47. The number of ether oxygens (including phenoxy) is 1. The fourth-order valence-electron chi connectivity index (χ4n) is 1.94. The Morgan fingerprint density at radius 3 is 2.84 bits per heavy atom. The Hall–Kier alpha value is -1.95. The zero-order valence-corrected chi connectivity index (χ0v) is 11.7. The van der Waals surface area contributed by atoms with E-state index < -0.39 is 0 Å². The van der Waals surface area contributed by atoms with E-state index in [2.05, 4.69) is 27.4 Å². The first-order chi connectivity index (χ1) is 9.10. The highest BCUT2D eigenvalue weighted by atomic mass is 16.5. The van der Waals surface area contributed by atoms with E-state index in [0.717, 1.165) is 23.0 Å². The van der Waals surface area contributed by atoms with Gasteiger partial charge in [0, 0.05) is 31.4 Å². The molecule has 2 heterocycles. The van der Waals surface area contributed by atoms with Crippen molar-refractivity contribution >= 4 is 0 Å². The van der Waals surface area contributed by atoms with Crippen LogP contribution in [0.5, 0.6) is 5.75 Å². The molecule has 1 N–H and O–H groups in total. The first-order valence-corrected chi connectivity index (χ1v) is 6.19. The van der Waals surface area contributed by atoms with Gasteiger partial charge >= 0.3 is 0 Å². The smallest absolute Gasteiger partial charge is 0.149 e. The molecule has 0 radical (unpaired) electrons. The third kappa shape index (κ3) is 3.29. The van der Waals surface area contributed by atoms with Crippen LogP contribution in [-0.2, 0) is 13.6 Å². The van der Waals surface area contributed by atoms with E-state index in [1.807, 2.05) is 30.7 Å². The molecule has 6 heteroatoms. The SMILES string of the molecule is COc1cc(C)nc(CNC(C)c2nncn2C)c1. The van der Waals surface area contributed by atoms with Crippen LogP contribution < -0.4 is 10.1 Å². The van der Waals surface area contributed by atoms with Gasteiger partial charge in [0.15, 0.2) is 0 Å². The zero-order valence-electron chi connectivity index (χ0n) is 11.7. The summed E-state index contributed by atoms with van der Waals surface area (Å²) in [5.74, 6) is 1.73. The van der Waals surface area contributed by atoms with Crippen molar-refractivity contribution in [3.05, 3.63) is 35.7 Å². The standard InChI is InChI=1S/C13H19N5O/c1-9-5-12(19-4)6-11(16-9)7-14-10(2)13-17-15-8-18(13)3/h5-6,8,10,14H,7H2,1-4H3. The number of rotatable bonds is 5. The molecule has 102 valence electrons. The Kier molecular flexibility index (Phi) is 4.11. The van der Waals surface area contributed by atoms with Crippen molar-refractivity contribution in [1.82, 2.24) is 25.1 Å². The summed E-state index contributed by atoms with van der Waals surface area (Å²) in [7, 11) is 3.59. The van der Waals surface area contributed by atoms with Crippen LogP contribution in [0.1, 0.15) is 30.2 Å². The Balaban J connectivity index is 2.02. The zero-order chi connectivity index (χ0) is 13.8. The Morgan fingerprint density at radius 1 is 1.42 bits per heavy atom. The number of nitrogens with one attached hydrogen (secondary N) is 1. The number of pyridine rings is 1. The highest BCUT2D eigenvalue weighted by molar-refractivity contribution is 5.26. The molecule has 19 heavy (non-hydrogen) atoms. The Bertz CT molecular complexity index is 552. The summed E-state index contributed by atoms with van der Waals surface area (Å²) in [6, 6.07) is 3.96. The van der Waals surface area contributed by atoms with E-state index in [1.165, 1.54) is 0 Å². The second-order valence-electron chi connectivity index (χ2n) is 4.54. The minimum Gasteiger partial charge on any atom is -0.497 e. The maximum atomic E-state index is 5.24. The van der Waals surface area contributed by atoms with Gasteiger partial charge in [-0.05, 0) is 13.8 Å². The normalized spacial score (nSPS) is 12.4. The van der Waals surface area contributed by atoms with Gasteiger partial charge in [0.25, 0.3) is 0 Å². The molecule has 0 aliphatic rings. The van der Waals surface area contributed by atoms with E-state index in [-0.39, 0.29) is 6.04 Å². The molecule has 0 saturated carbocycles. The third-order valence-electron chi connectivity index (χ3n) is 2.94. The van der Waals surface area contributed by atoms with Crippen LogP contribution in [0.2, 0.25) is 0 Å². The molecule has 1 atom stereocenters. The number of aromatic nitrogens is 4. The Labute approximate surface area is 112 Å². The highest BCUT2D eigenvalue weighted by Gasteiger charge is 2.11. The summed E-state index contributed by atoms with van der Waals surface area (Å²) in [5, 5.41) is 11.3. The molecule has 0 fully saturated rings. The van der Waals surface area contributed by atoms with E-state index >= 15 is 0 Å². The van der Waals surface area contributed by atoms with E-state index in [0.29, 0.717) is 6.54 Å². The van der Waals surface area contributed by atoms with Crippen molar-refractivity contribution in [3.8, 4) is 5.75 Å². The third-order valence-corrected chi connectivity index (χ3v) is 2.94. The lowest BCUT2D eigenvalue weighted by molar-refractivity contribution is 0.412.